The van der Waals surface area contributed by atoms with E-state index >= 15 is 0 Å². The second kappa shape index (κ2) is 7.09. The number of methoxy groups -OCH3 is 1. The molecule has 0 saturated carbocycles. The minimum absolute atomic E-state index is 0.109. The molecular weight excluding hydrogens is 366 g/mol. The molecule has 2 aromatic carbocycles. The van der Waals surface area contributed by atoms with Crippen molar-refractivity contribution in [2.24, 2.45) is 0 Å². The van der Waals surface area contributed by atoms with Crippen LogP contribution in [0.2, 0.25) is 5.02 Å². The Balaban J connectivity index is 2.25. The third kappa shape index (κ3) is 3.86. The van der Waals surface area contributed by atoms with Crippen LogP contribution in [0.1, 0.15) is 11.1 Å². The molecule has 2 nitrogen and oxygen atoms in total. The maximum Gasteiger partial charge on any atom is 0.180 e. The number of ether oxygens (including phenoxy) is 2. The molecule has 0 aromatic heterocycles. The van der Waals surface area contributed by atoms with Crippen LogP contribution in [-0.2, 0) is 11.9 Å². The quantitative estimate of drug-likeness (QED) is 0.675. The fourth-order valence-electron chi connectivity index (χ4n) is 1.79. The van der Waals surface area contributed by atoms with Gasteiger partial charge >= 0.3 is 0 Å². The SMILES string of the molecule is COc1cc(CBr)cc(Cl)c1OCc1cc(F)ccc1F. The number of hydrogen-bond donors (Lipinski definition) is 0. The van der Waals surface area contributed by atoms with Crippen LogP contribution in [-0.4, -0.2) is 7.11 Å². The first-order valence-electron chi connectivity index (χ1n) is 6.04. The van der Waals surface area contributed by atoms with E-state index in [4.69, 9.17) is 21.1 Å². The Morgan fingerprint density at radius 2 is 1.95 bits per heavy atom. The van der Waals surface area contributed by atoms with E-state index in [0.29, 0.717) is 21.9 Å². The lowest BCUT2D eigenvalue weighted by Gasteiger charge is -2.14. The largest absolute Gasteiger partial charge is 0.493 e. The van der Waals surface area contributed by atoms with Crippen LogP contribution in [0.5, 0.6) is 11.5 Å². The van der Waals surface area contributed by atoms with Crippen LogP contribution in [0, 0.1) is 11.6 Å². The molecule has 0 unspecified atom stereocenters. The predicted molar refractivity (Wildman–Crippen MR) is 81.3 cm³/mol. The van der Waals surface area contributed by atoms with Gasteiger partial charge in [0.15, 0.2) is 11.5 Å². The van der Waals surface area contributed by atoms with Gasteiger partial charge in [-0.05, 0) is 35.9 Å². The van der Waals surface area contributed by atoms with E-state index in [0.717, 1.165) is 23.8 Å². The Morgan fingerprint density at radius 1 is 1.19 bits per heavy atom. The molecule has 0 fully saturated rings. The first kappa shape index (κ1) is 16.0. The van der Waals surface area contributed by atoms with Crippen molar-refractivity contribution in [3.05, 3.63) is 58.1 Å². The average Bonchev–Trinajstić information content (AvgIpc) is 2.48. The van der Waals surface area contributed by atoms with Gasteiger partial charge in [0.1, 0.15) is 18.2 Å². The number of hydrogen-bond acceptors (Lipinski definition) is 2. The maximum atomic E-state index is 13.6. The highest BCUT2D eigenvalue weighted by Gasteiger charge is 2.13. The van der Waals surface area contributed by atoms with Crippen molar-refractivity contribution < 1.29 is 18.3 Å². The molecule has 2 aromatic rings. The number of benzene rings is 2. The third-order valence-corrected chi connectivity index (χ3v) is 3.75. The zero-order valence-electron chi connectivity index (χ0n) is 11.1. The van der Waals surface area contributed by atoms with Crippen molar-refractivity contribution in [1.82, 2.24) is 0 Å². The van der Waals surface area contributed by atoms with Crippen LogP contribution >= 0.6 is 27.5 Å². The second-order valence-electron chi connectivity index (χ2n) is 4.27. The Morgan fingerprint density at radius 3 is 2.62 bits per heavy atom. The van der Waals surface area contributed by atoms with Gasteiger partial charge < -0.3 is 9.47 Å². The standard InChI is InChI=1S/C15H12BrClF2O2/c1-20-14-5-9(7-16)4-12(17)15(14)21-8-10-6-11(18)2-3-13(10)19/h2-6H,7-8H2,1H3. The molecule has 0 aliphatic carbocycles. The monoisotopic (exact) mass is 376 g/mol. The maximum absolute atomic E-state index is 13.6. The van der Waals surface area contributed by atoms with Gasteiger partial charge in [-0.3, -0.25) is 0 Å². The van der Waals surface area contributed by atoms with Crippen molar-refractivity contribution in [2.45, 2.75) is 11.9 Å². The number of halogens is 4. The summed E-state index contributed by atoms with van der Waals surface area (Å²) in [6.45, 7) is -0.146. The van der Waals surface area contributed by atoms with Gasteiger partial charge in [-0.25, -0.2) is 8.78 Å². The Kier molecular flexibility index (Phi) is 5.42. The topological polar surface area (TPSA) is 18.5 Å². The Hall–Kier alpha value is -1.33. The second-order valence-corrected chi connectivity index (χ2v) is 5.23. The molecule has 0 atom stereocenters. The van der Waals surface area contributed by atoms with Gasteiger partial charge in [-0.15, -0.1) is 0 Å². The highest BCUT2D eigenvalue weighted by Crippen LogP contribution is 2.37. The van der Waals surface area contributed by atoms with Crippen LogP contribution in [0.15, 0.2) is 30.3 Å². The van der Waals surface area contributed by atoms with Crippen molar-refractivity contribution in [2.75, 3.05) is 7.11 Å². The third-order valence-electron chi connectivity index (χ3n) is 2.82. The van der Waals surface area contributed by atoms with E-state index in [2.05, 4.69) is 15.9 Å². The van der Waals surface area contributed by atoms with Gasteiger partial charge in [0.25, 0.3) is 0 Å². The highest BCUT2D eigenvalue weighted by molar-refractivity contribution is 9.08. The van der Waals surface area contributed by atoms with E-state index in [1.165, 1.54) is 7.11 Å². The van der Waals surface area contributed by atoms with E-state index in [9.17, 15) is 8.78 Å². The molecule has 112 valence electrons. The van der Waals surface area contributed by atoms with E-state index in [1.807, 2.05) is 0 Å². The average molecular weight is 378 g/mol. The summed E-state index contributed by atoms with van der Waals surface area (Å²) in [5.41, 5.74) is 1.03. The normalized spacial score (nSPS) is 10.5. The van der Waals surface area contributed by atoms with E-state index in [-0.39, 0.29) is 12.2 Å². The van der Waals surface area contributed by atoms with Crippen LogP contribution in [0.25, 0.3) is 0 Å². The fraction of sp³-hybridized carbons (Fsp3) is 0.200. The van der Waals surface area contributed by atoms with Crippen LogP contribution < -0.4 is 9.47 Å². The van der Waals surface area contributed by atoms with Gasteiger partial charge in [-0.1, -0.05) is 27.5 Å². The summed E-state index contributed by atoms with van der Waals surface area (Å²) in [7, 11) is 1.49. The molecule has 0 aliphatic heterocycles. The molecule has 0 bridgehead atoms. The van der Waals surface area contributed by atoms with Crippen LogP contribution in [0.4, 0.5) is 8.78 Å². The minimum Gasteiger partial charge on any atom is -0.493 e. The summed E-state index contributed by atoms with van der Waals surface area (Å²) in [4.78, 5) is 0. The molecule has 0 amide bonds. The summed E-state index contributed by atoms with van der Waals surface area (Å²) in [6.07, 6.45) is 0. The summed E-state index contributed by atoms with van der Waals surface area (Å²) < 4.78 is 37.4. The summed E-state index contributed by atoms with van der Waals surface area (Å²) >= 11 is 9.46. The highest BCUT2D eigenvalue weighted by atomic mass is 79.9. The number of alkyl halides is 1. The first-order chi connectivity index (χ1) is 10.0. The van der Waals surface area contributed by atoms with Gasteiger partial charge in [-0.2, -0.15) is 0 Å². The summed E-state index contributed by atoms with van der Waals surface area (Å²) in [5.74, 6) is -0.326. The molecule has 0 radical (unpaired) electrons. The first-order valence-corrected chi connectivity index (χ1v) is 7.54. The molecule has 2 rings (SSSR count). The van der Waals surface area contributed by atoms with E-state index < -0.39 is 11.6 Å². The molecule has 6 heteroatoms. The Labute approximate surface area is 134 Å². The molecule has 0 heterocycles. The lowest BCUT2D eigenvalue weighted by molar-refractivity contribution is 0.279. The van der Waals surface area contributed by atoms with Crippen molar-refractivity contribution >= 4 is 27.5 Å². The zero-order valence-corrected chi connectivity index (χ0v) is 13.5. The van der Waals surface area contributed by atoms with Crippen LogP contribution in [0.3, 0.4) is 0 Å². The smallest absolute Gasteiger partial charge is 0.180 e. The molecule has 0 saturated heterocycles. The molecule has 0 aliphatic rings. The zero-order chi connectivity index (χ0) is 15.4. The summed E-state index contributed by atoms with van der Waals surface area (Å²) in [6, 6.07) is 6.68. The summed E-state index contributed by atoms with van der Waals surface area (Å²) in [5, 5.41) is 0.961. The van der Waals surface area contributed by atoms with Gasteiger partial charge in [0, 0.05) is 10.9 Å². The minimum atomic E-state index is -0.538. The predicted octanol–water partition coefficient (Wildman–Crippen LogP) is 5.10. The molecular formula is C15H12BrClF2O2. The molecule has 21 heavy (non-hydrogen) atoms. The molecule has 0 spiro atoms. The van der Waals surface area contributed by atoms with Crippen molar-refractivity contribution in [3.8, 4) is 11.5 Å². The van der Waals surface area contributed by atoms with E-state index in [1.54, 1.807) is 12.1 Å². The van der Waals surface area contributed by atoms with Gasteiger partial charge in [0.2, 0.25) is 0 Å². The van der Waals surface area contributed by atoms with Crippen molar-refractivity contribution in [1.29, 1.82) is 0 Å². The molecule has 0 N–H and O–H groups in total. The lowest BCUT2D eigenvalue weighted by Crippen LogP contribution is -2.02. The lowest BCUT2D eigenvalue weighted by atomic mass is 10.2. The van der Waals surface area contributed by atoms with Crippen molar-refractivity contribution in [3.63, 3.8) is 0 Å². The van der Waals surface area contributed by atoms with Gasteiger partial charge in [0.05, 0.1) is 12.1 Å². The number of rotatable bonds is 5. The fourth-order valence-corrected chi connectivity index (χ4v) is 2.41. The Bertz CT molecular complexity index is 650.